The van der Waals surface area contributed by atoms with Crippen LogP contribution in [0.5, 0.6) is 0 Å². The molecule has 0 amide bonds. The van der Waals surface area contributed by atoms with Crippen molar-refractivity contribution in [1.82, 2.24) is 20.1 Å². The highest BCUT2D eigenvalue weighted by Gasteiger charge is 2.17. The first-order chi connectivity index (χ1) is 7.81. The van der Waals surface area contributed by atoms with Gasteiger partial charge in [0.2, 0.25) is 0 Å². The molecule has 6 heteroatoms. The fourth-order valence-electron chi connectivity index (χ4n) is 1.73. The maximum atomic E-state index is 5.58. The molecular formula is C10H18N4OS. The molecular weight excluding hydrogens is 224 g/mol. The Balaban J connectivity index is 1.88. The van der Waals surface area contributed by atoms with Crippen LogP contribution in [0, 0.1) is 0 Å². The fourth-order valence-corrected chi connectivity index (χ4v) is 2.72. The molecule has 0 saturated carbocycles. The van der Waals surface area contributed by atoms with Gasteiger partial charge in [-0.3, -0.25) is 0 Å². The molecule has 1 saturated heterocycles. The van der Waals surface area contributed by atoms with E-state index in [9.17, 15) is 0 Å². The van der Waals surface area contributed by atoms with Crippen LogP contribution in [0.25, 0.3) is 0 Å². The first kappa shape index (κ1) is 11.9. The predicted octanol–water partition coefficient (Wildman–Crippen LogP) is 0.806. The summed E-state index contributed by atoms with van der Waals surface area (Å²) in [7, 11) is 3.92. The Morgan fingerprint density at radius 1 is 1.56 bits per heavy atom. The van der Waals surface area contributed by atoms with Gasteiger partial charge in [0.1, 0.15) is 5.82 Å². The van der Waals surface area contributed by atoms with Crippen LogP contribution in [-0.4, -0.2) is 40.3 Å². The summed E-state index contributed by atoms with van der Waals surface area (Å²) in [5, 5.41) is 12.4. The Kier molecular flexibility index (Phi) is 4.20. The molecule has 1 N–H and O–H groups in total. The lowest BCUT2D eigenvalue weighted by Gasteiger charge is -2.08. The van der Waals surface area contributed by atoms with Crippen molar-refractivity contribution in [3.05, 3.63) is 5.82 Å². The second kappa shape index (κ2) is 5.65. The van der Waals surface area contributed by atoms with Crippen molar-refractivity contribution in [3.8, 4) is 0 Å². The predicted molar refractivity (Wildman–Crippen MR) is 63.5 cm³/mol. The van der Waals surface area contributed by atoms with E-state index in [-0.39, 0.29) is 0 Å². The third-order valence-corrected chi connectivity index (χ3v) is 3.83. The Labute approximate surface area is 100.0 Å². The summed E-state index contributed by atoms with van der Waals surface area (Å²) in [6.45, 7) is 1.67. The summed E-state index contributed by atoms with van der Waals surface area (Å²) < 4.78 is 7.62. The summed E-state index contributed by atoms with van der Waals surface area (Å²) in [6, 6.07) is 0. The standard InChI is InChI=1S/C10H18N4OS/c1-11-6-9-12-13-10(14(9)2)16-7-8-4-3-5-15-8/h8,11H,3-7H2,1-2H3/t8-/m1/s1. The first-order valence-electron chi connectivity index (χ1n) is 5.58. The molecule has 0 aliphatic carbocycles. The van der Waals surface area contributed by atoms with E-state index in [0.29, 0.717) is 6.10 Å². The number of aromatic nitrogens is 3. The van der Waals surface area contributed by atoms with Gasteiger partial charge < -0.3 is 14.6 Å². The Hall–Kier alpha value is -0.590. The third kappa shape index (κ3) is 2.75. The van der Waals surface area contributed by atoms with Crippen LogP contribution in [0.2, 0.25) is 0 Å². The summed E-state index contributed by atoms with van der Waals surface area (Å²) in [6.07, 6.45) is 2.76. The van der Waals surface area contributed by atoms with Gasteiger partial charge in [0.15, 0.2) is 5.16 Å². The van der Waals surface area contributed by atoms with Gasteiger partial charge >= 0.3 is 0 Å². The fraction of sp³-hybridized carbons (Fsp3) is 0.800. The van der Waals surface area contributed by atoms with Gasteiger partial charge in [0, 0.05) is 19.4 Å². The topological polar surface area (TPSA) is 52.0 Å². The zero-order chi connectivity index (χ0) is 11.4. The van der Waals surface area contributed by atoms with Gasteiger partial charge in [-0.1, -0.05) is 11.8 Å². The number of rotatable bonds is 5. The lowest BCUT2D eigenvalue weighted by molar-refractivity contribution is 0.129. The largest absolute Gasteiger partial charge is 0.377 e. The van der Waals surface area contributed by atoms with Crippen molar-refractivity contribution in [1.29, 1.82) is 0 Å². The molecule has 16 heavy (non-hydrogen) atoms. The lowest BCUT2D eigenvalue weighted by atomic mass is 10.3. The molecule has 1 aromatic rings. The number of nitrogens with zero attached hydrogens (tertiary/aromatic N) is 3. The number of hydrogen-bond donors (Lipinski definition) is 1. The van der Waals surface area contributed by atoms with Crippen LogP contribution in [0.4, 0.5) is 0 Å². The van der Waals surface area contributed by atoms with E-state index in [2.05, 4.69) is 15.5 Å². The summed E-state index contributed by atoms with van der Waals surface area (Å²) in [4.78, 5) is 0. The van der Waals surface area contributed by atoms with Crippen LogP contribution in [0.1, 0.15) is 18.7 Å². The smallest absolute Gasteiger partial charge is 0.191 e. The van der Waals surface area contributed by atoms with Crippen molar-refractivity contribution < 1.29 is 4.74 Å². The van der Waals surface area contributed by atoms with Crippen molar-refractivity contribution in [2.24, 2.45) is 7.05 Å². The van der Waals surface area contributed by atoms with Crippen LogP contribution in [0.3, 0.4) is 0 Å². The number of nitrogens with one attached hydrogen (secondary N) is 1. The van der Waals surface area contributed by atoms with Gasteiger partial charge in [-0.05, 0) is 19.9 Å². The highest BCUT2D eigenvalue weighted by Crippen LogP contribution is 2.22. The minimum atomic E-state index is 0.398. The average molecular weight is 242 g/mol. The molecule has 2 rings (SSSR count). The SMILES string of the molecule is CNCc1nnc(SC[C@H]2CCCO2)n1C. The van der Waals surface area contributed by atoms with Crippen molar-refractivity contribution in [2.75, 3.05) is 19.4 Å². The molecule has 1 aliphatic rings. The maximum absolute atomic E-state index is 5.58. The molecule has 0 spiro atoms. The molecule has 0 unspecified atom stereocenters. The van der Waals surface area contributed by atoms with Crippen molar-refractivity contribution in [2.45, 2.75) is 30.6 Å². The highest BCUT2D eigenvalue weighted by molar-refractivity contribution is 7.99. The molecule has 90 valence electrons. The first-order valence-corrected chi connectivity index (χ1v) is 6.57. The van der Waals surface area contributed by atoms with E-state index in [1.807, 2.05) is 18.7 Å². The van der Waals surface area contributed by atoms with Gasteiger partial charge in [0.25, 0.3) is 0 Å². The molecule has 1 fully saturated rings. The van der Waals surface area contributed by atoms with Crippen LogP contribution in [-0.2, 0) is 18.3 Å². The second-order valence-electron chi connectivity index (χ2n) is 3.93. The Morgan fingerprint density at radius 3 is 3.12 bits per heavy atom. The normalized spacial score (nSPS) is 20.5. The van der Waals surface area contributed by atoms with Crippen LogP contribution >= 0.6 is 11.8 Å². The van der Waals surface area contributed by atoms with E-state index >= 15 is 0 Å². The van der Waals surface area contributed by atoms with Gasteiger partial charge in [0.05, 0.1) is 12.6 Å². The lowest BCUT2D eigenvalue weighted by Crippen LogP contribution is -2.11. The van der Waals surface area contributed by atoms with E-state index in [4.69, 9.17) is 4.74 Å². The average Bonchev–Trinajstić information content (AvgIpc) is 2.89. The molecule has 1 aromatic heterocycles. The zero-order valence-electron chi connectivity index (χ0n) is 9.77. The van der Waals surface area contributed by atoms with E-state index < -0.39 is 0 Å². The third-order valence-electron chi connectivity index (χ3n) is 2.68. The molecule has 2 heterocycles. The quantitative estimate of drug-likeness (QED) is 0.774. The summed E-state index contributed by atoms with van der Waals surface area (Å²) in [5.74, 6) is 1.95. The zero-order valence-corrected chi connectivity index (χ0v) is 10.6. The van der Waals surface area contributed by atoms with Gasteiger partial charge in [-0.2, -0.15) is 0 Å². The highest BCUT2D eigenvalue weighted by atomic mass is 32.2. The molecule has 0 bridgehead atoms. The summed E-state index contributed by atoms with van der Waals surface area (Å²) >= 11 is 1.73. The van der Waals surface area contributed by atoms with Crippen LogP contribution in [0.15, 0.2) is 5.16 Å². The molecule has 0 radical (unpaired) electrons. The molecule has 5 nitrogen and oxygen atoms in total. The Morgan fingerprint density at radius 2 is 2.44 bits per heavy atom. The van der Waals surface area contributed by atoms with Crippen molar-refractivity contribution in [3.63, 3.8) is 0 Å². The minimum Gasteiger partial charge on any atom is -0.377 e. The van der Waals surface area contributed by atoms with Gasteiger partial charge in [-0.15, -0.1) is 10.2 Å². The van der Waals surface area contributed by atoms with Gasteiger partial charge in [-0.25, -0.2) is 0 Å². The molecule has 1 aliphatic heterocycles. The number of thioether (sulfide) groups is 1. The molecule has 0 aromatic carbocycles. The maximum Gasteiger partial charge on any atom is 0.191 e. The van der Waals surface area contributed by atoms with Crippen molar-refractivity contribution >= 4 is 11.8 Å². The van der Waals surface area contributed by atoms with E-state index in [1.54, 1.807) is 11.8 Å². The van der Waals surface area contributed by atoms with E-state index in [0.717, 1.165) is 29.9 Å². The van der Waals surface area contributed by atoms with E-state index in [1.165, 1.54) is 12.8 Å². The molecule has 1 atom stereocenters. The minimum absolute atomic E-state index is 0.398. The Bertz CT molecular complexity index is 336. The second-order valence-corrected chi connectivity index (χ2v) is 4.92. The van der Waals surface area contributed by atoms with Crippen LogP contribution < -0.4 is 5.32 Å². The number of ether oxygens (including phenoxy) is 1. The number of hydrogen-bond acceptors (Lipinski definition) is 5. The monoisotopic (exact) mass is 242 g/mol. The summed E-state index contributed by atoms with van der Waals surface area (Å²) in [5.41, 5.74) is 0.